The first-order valence-corrected chi connectivity index (χ1v) is 10.9. The van der Waals surface area contributed by atoms with Crippen molar-refractivity contribution in [2.24, 2.45) is 0 Å². The Balaban J connectivity index is 2.56. The highest BCUT2D eigenvalue weighted by Gasteiger charge is 2.23. The molecular weight excluding hydrogens is 284 g/mol. The summed E-state index contributed by atoms with van der Waals surface area (Å²) in [6.45, 7) is 8.91. The van der Waals surface area contributed by atoms with Gasteiger partial charge >= 0.3 is 0 Å². The Morgan fingerprint density at radius 3 is 2.15 bits per heavy atom. The molecule has 0 aliphatic carbocycles. The molecule has 0 aliphatic rings. The van der Waals surface area contributed by atoms with E-state index in [2.05, 4.69) is 32.2 Å². The second kappa shape index (κ2) is 8.41. The minimum absolute atomic E-state index is 0.245. The molecule has 4 heteroatoms. The molecule has 0 amide bonds. The first kappa shape index (κ1) is 17.2. The summed E-state index contributed by atoms with van der Waals surface area (Å²) in [6.07, 6.45) is 0. The van der Waals surface area contributed by atoms with Crippen molar-refractivity contribution in [1.29, 1.82) is 0 Å². The molecule has 0 aromatic heterocycles. The minimum atomic E-state index is -1.42. The summed E-state index contributed by atoms with van der Waals surface area (Å²) in [5.41, 5.74) is 4.58. The van der Waals surface area contributed by atoms with E-state index in [0.717, 1.165) is 5.56 Å². The monoisotopic (exact) mass is 308 g/mol. The number of benzene rings is 1. The van der Waals surface area contributed by atoms with Crippen molar-refractivity contribution in [3.63, 3.8) is 0 Å². The summed E-state index contributed by atoms with van der Waals surface area (Å²) < 4.78 is 17.2. The third-order valence-corrected chi connectivity index (χ3v) is 9.59. The van der Waals surface area contributed by atoms with E-state index >= 15 is 0 Å². The van der Waals surface area contributed by atoms with Gasteiger partial charge in [-0.25, -0.2) is 4.21 Å². The average molecular weight is 309 g/mol. The maximum Gasteiger partial charge on any atom is 0.190 e. The lowest BCUT2D eigenvalue weighted by molar-refractivity contribution is 0.402. The molecule has 110 valence electrons. The fraction of sp³-hybridized carbons (Fsp3) is 0.500. The second-order valence-corrected chi connectivity index (χ2v) is 11.1. The predicted octanol–water partition coefficient (Wildman–Crippen LogP) is 4.09. The Morgan fingerprint density at radius 1 is 1.10 bits per heavy atom. The highest BCUT2D eigenvalue weighted by Crippen LogP contribution is 2.18. The Hall–Kier alpha value is -0.893. The molecular formula is C16H24O2SSi. The normalized spacial score (nSPS) is 12.6. The molecule has 0 saturated carbocycles. The quantitative estimate of drug-likeness (QED) is 0.584. The van der Waals surface area contributed by atoms with Crippen molar-refractivity contribution in [3.8, 4) is 11.5 Å². The van der Waals surface area contributed by atoms with Gasteiger partial charge in [0.1, 0.15) is 14.7 Å². The van der Waals surface area contributed by atoms with Gasteiger partial charge in [0.2, 0.25) is 0 Å². The SMILES string of the molecule is CC[Si](C#CCO[S@](=O)c1ccc(C)cc1)(CC)CC. The molecule has 0 heterocycles. The lowest BCUT2D eigenvalue weighted by Gasteiger charge is -2.19. The Bertz CT molecular complexity index is 487. The molecule has 20 heavy (non-hydrogen) atoms. The van der Waals surface area contributed by atoms with E-state index in [1.807, 2.05) is 31.2 Å². The van der Waals surface area contributed by atoms with Crippen LogP contribution in [0.2, 0.25) is 18.1 Å². The van der Waals surface area contributed by atoms with Gasteiger partial charge < -0.3 is 0 Å². The summed E-state index contributed by atoms with van der Waals surface area (Å²) in [5, 5.41) is 0. The van der Waals surface area contributed by atoms with E-state index in [0.29, 0.717) is 4.90 Å². The lowest BCUT2D eigenvalue weighted by atomic mass is 10.2. The third kappa shape index (κ3) is 4.90. The maximum atomic E-state index is 11.9. The third-order valence-electron chi connectivity index (χ3n) is 3.84. The molecule has 1 aromatic rings. The van der Waals surface area contributed by atoms with Crippen molar-refractivity contribution in [1.82, 2.24) is 0 Å². The van der Waals surface area contributed by atoms with Gasteiger partial charge in [0, 0.05) is 0 Å². The van der Waals surface area contributed by atoms with E-state index < -0.39 is 19.2 Å². The summed E-state index contributed by atoms with van der Waals surface area (Å²) in [4.78, 5) is 0.697. The van der Waals surface area contributed by atoms with E-state index in [9.17, 15) is 4.21 Å². The van der Waals surface area contributed by atoms with Gasteiger partial charge in [-0.2, -0.15) is 0 Å². The molecule has 2 nitrogen and oxygen atoms in total. The molecule has 0 saturated heterocycles. The molecule has 0 bridgehead atoms. The van der Waals surface area contributed by atoms with Crippen molar-refractivity contribution in [2.45, 2.75) is 50.7 Å². The van der Waals surface area contributed by atoms with E-state index in [-0.39, 0.29) is 6.61 Å². The molecule has 0 fully saturated rings. The topological polar surface area (TPSA) is 26.3 Å². The number of hydrogen-bond acceptors (Lipinski definition) is 2. The van der Waals surface area contributed by atoms with Crippen LogP contribution in [-0.4, -0.2) is 18.9 Å². The molecule has 0 N–H and O–H groups in total. The standard InChI is InChI=1S/C16H24O2SSi/c1-5-20(6-2,7-3)14-8-13-18-19(17)16-11-9-15(4)10-12-16/h9-12H,5-7,13H2,1-4H3/t19-/m0/s1. The molecule has 1 atom stereocenters. The molecule has 1 rings (SSSR count). The summed E-state index contributed by atoms with van der Waals surface area (Å²) in [6, 6.07) is 11.1. The van der Waals surface area contributed by atoms with Crippen molar-refractivity contribution < 1.29 is 8.39 Å². The van der Waals surface area contributed by atoms with Gasteiger partial charge in [-0.1, -0.05) is 44.4 Å². The largest absolute Gasteiger partial charge is 0.274 e. The Morgan fingerprint density at radius 2 is 1.65 bits per heavy atom. The van der Waals surface area contributed by atoms with Crippen LogP contribution in [0.1, 0.15) is 26.3 Å². The Kier molecular flexibility index (Phi) is 7.21. The van der Waals surface area contributed by atoms with Gasteiger partial charge in [0.05, 0.1) is 4.90 Å². The molecule has 0 aliphatic heterocycles. The molecule has 0 spiro atoms. The zero-order valence-corrected chi connectivity index (χ0v) is 14.7. The lowest BCUT2D eigenvalue weighted by Crippen LogP contribution is -2.29. The van der Waals surface area contributed by atoms with Gasteiger partial charge in [0.15, 0.2) is 11.1 Å². The van der Waals surface area contributed by atoms with Crippen LogP contribution >= 0.6 is 0 Å². The molecule has 1 aromatic carbocycles. The van der Waals surface area contributed by atoms with Crippen molar-refractivity contribution in [3.05, 3.63) is 29.8 Å². The van der Waals surface area contributed by atoms with Crippen molar-refractivity contribution >= 4 is 19.2 Å². The van der Waals surface area contributed by atoms with Crippen LogP contribution in [0, 0.1) is 18.4 Å². The number of rotatable bonds is 6. The van der Waals surface area contributed by atoms with Crippen LogP contribution in [0.25, 0.3) is 0 Å². The summed E-state index contributed by atoms with van der Waals surface area (Å²) >= 11 is -1.41. The van der Waals surface area contributed by atoms with E-state index in [1.54, 1.807) is 0 Å². The zero-order chi connectivity index (χ0) is 15.0. The van der Waals surface area contributed by atoms with Crippen molar-refractivity contribution in [2.75, 3.05) is 6.61 Å². The highest BCUT2D eigenvalue weighted by atomic mass is 32.2. The fourth-order valence-corrected chi connectivity index (χ4v) is 5.18. The van der Waals surface area contributed by atoms with E-state index in [1.165, 1.54) is 18.1 Å². The van der Waals surface area contributed by atoms with Crippen LogP contribution in [0.15, 0.2) is 29.2 Å². The highest BCUT2D eigenvalue weighted by molar-refractivity contribution is 7.80. The average Bonchev–Trinajstić information content (AvgIpc) is 2.49. The van der Waals surface area contributed by atoms with Crippen LogP contribution in [-0.2, 0) is 15.3 Å². The summed E-state index contributed by atoms with van der Waals surface area (Å²) in [7, 11) is -1.42. The first-order valence-electron chi connectivity index (χ1n) is 7.18. The minimum Gasteiger partial charge on any atom is -0.274 e. The van der Waals surface area contributed by atoms with E-state index in [4.69, 9.17) is 4.18 Å². The van der Waals surface area contributed by atoms with Crippen LogP contribution in [0.4, 0.5) is 0 Å². The van der Waals surface area contributed by atoms with Gasteiger partial charge in [-0.05, 0) is 37.2 Å². The van der Waals surface area contributed by atoms with Crippen LogP contribution in [0.5, 0.6) is 0 Å². The smallest absolute Gasteiger partial charge is 0.190 e. The Labute approximate surface area is 126 Å². The maximum absolute atomic E-state index is 11.9. The zero-order valence-electron chi connectivity index (χ0n) is 12.9. The summed E-state index contributed by atoms with van der Waals surface area (Å²) in [5.74, 6) is 3.09. The number of aryl methyl sites for hydroxylation is 1. The van der Waals surface area contributed by atoms with Gasteiger partial charge in [-0.3, -0.25) is 4.18 Å². The fourth-order valence-electron chi connectivity index (χ4n) is 2.04. The predicted molar refractivity (Wildman–Crippen MR) is 88.5 cm³/mol. The van der Waals surface area contributed by atoms with Gasteiger partial charge in [0.25, 0.3) is 0 Å². The number of hydrogen-bond donors (Lipinski definition) is 0. The van der Waals surface area contributed by atoms with Crippen LogP contribution < -0.4 is 0 Å². The molecule has 0 radical (unpaired) electrons. The first-order chi connectivity index (χ1) is 9.56. The molecule has 0 unspecified atom stereocenters. The second-order valence-electron chi connectivity index (χ2n) is 4.95. The van der Waals surface area contributed by atoms with Gasteiger partial charge in [-0.15, -0.1) is 5.54 Å². The van der Waals surface area contributed by atoms with Crippen LogP contribution in [0.3, 0.4) is 0 Å².